The number of nitrogen functional groups attached to an aromatic ring is 1. The molecular weight excluding hydrogens is 182 g/mol. The first kappa shape index (κ1) is 10.3. The highest BCUT2D eigenvalue weighted by molar-refractivity contribution is 5.98. The molecule has 0 saturated heterocycles. The number of methoxy groups -OCH3 is 1. The van der Waals surface area contributed by atoms with Gasteiger partial charge in [0.1, 0.15) is 11.5 Å². The lowest BCUT2D eigenvalue weighted by Crippen LogP contribution is -2.18. The number of esters is 1. The number of carbonyl (C=O) groups excluding carboxylic acids is 1. The van der Waals surface area contributed by atoms with Crippen LogP contribution in [0.1, 0.15) is 21.7 Å². The normalized spacial score (nSPS) is 9.93. The lowest BCUT2D eigenvalue weighted by molar-refractivity contribution is 0.0590. The van der Waals surface area contributed by atoms with Gasteiger partial charge >= 0.3 is 5.97 Å². The van der Waals surface area contributed by atoms with E-state index in [1.165, 1.54) is 7.11 Å². The summed E-state index contributed by atoms with van der Waals surface area (Å²) in [4.78, 5) is 11.3. The molecule has 0 spiro atoms. The summed E-state index contributed by atoms with van der Waals surface area (Å²) in [5, 5.41) is 7.33. The fourth-order valence-corrected chi connectivity index (χ4v) is 1.45. The summed E-state index contributed by atoms with van der Waals surface area (Å²) in [5.41, 5.74) is 7.12. The highest BCUT2D eigenvalue weighted by atomic mass is 16.5. The third-order valence-electron chi connectivity index (χ3n) is 2.07. The second kappa shape index (κ2) is 3.53. The quantitative estimate of drug-likeness (QED) is 0.407. The monoisotopic (exact) mass is 195 g/mol. The van der Waals surface area contributed by atoms with Gasteiger partial charge in [-0.05, 0) is 18.6 Å². The van der Waals surface area contributed by atoms with Crippen molar-refractivity contribution in [3.8, 4) is 0 Å². The molecule has 5 nitrogen and oxygen atoms in total. The van der Waals surface area contributed by atoms with Crippen LogP contribution in [0, 0.1) is 12.3 Å². The van der Waals surface area contributed by atoms with Crippen molar-refractivity contribution in [3.63, 3.8) is 0 Å². The van der Waals surface area contributed by atoms with Crippen molar-refractivity contribution < 1.29 is 9.53 Å². The second-order valence-corrected chi connectivity index (χ2v) is 3.03. The molecule has 0 aliphatic heterocycles. The van der Waals surface area contributed by atoms with Crippen LogP contribution in [0.5, 0.6) is 0 Å². The van der Waals surface area contributed by atoms with E-state index in [2.05, 4.69) is 4.74 Å². The van der Waals surface area contributed by atoms with Crippen molar-refractivity contribution in [1.82, 2.24) is 4.57 Å². The molecule has 76 valence electrons. The first-order valence-corrected chi connectivity index (χ1v) is 4.08. The molecule has 0 atom stereocenters. The van der Waals surface area contributed by atoms with E-state index in [-0.39, 0.29) is 5.84 Å². The summed E-state index contributed by atoms with van der Waals surface area (Å²) in [6, 6.07) is 1.66. The van der Waals surface area contributed by atoms with Crippen molar-refractivity contribution >= 4 is 11.8 Å². The Morgan fingerprint density at radius 1 is 1.64 bits per heavy atom. The number of nitrogens with two attached hydrogens (primary N) is 1. The van der Waals surface area contributed by atoms with Gasteiger partial charge in [-0.1, -0.05) is 0 Å². The molecule has 5 heteroatoms. The molecule has 0 fully saturated rings. The van der Waals surface area contributed by atoms with Crippen LogP contribution in [0.4, 0.5) is 0 Å². The Morgan fingerprint density at radius 2 is 2.21 bits per heavy atom. The smallest absolute Gasteiger partial charge is 0.354 e. The van der Waals surface area contributed by atoms with E-state index in [1.807, 2.05) is 0 Å². The van der Waals surface area contributed by atoms with E-state index in [4.69, 9.17) is 11.1 Å². The average Bonchev–Trinajstić information content (AvgIpc) is 2.40. The Labute approximate surface area is 82.0 Å². The lowest BCUT2D eigenvalue weighted by atomic mass is 10.2. The summed E-state index contributed by atoms with van der Waals surface area (Å²) in [5.74, 6) is -0.483. The maximum absolute atomic E-state index is 11.3. The Bertz CT molecular complexity index is 393. The van der Waals surface area contributed by atoms with Gasteiger partial charge in [0.2, 0.25) is 0 Å². The summed E-state index contributed by atoms with van der Waals surface area (Å²) >= 11 is 0. The van der Waals surface area contributed by atoms with Gasteiger partial charge in [-0.3, -0.25) is 5.41 Å². The van der Waals surface area contributed by atoms with Crippen LogP contribution >= 0.6 is 0 Å². The van der Waals surface area contributed by atoms with E-state index in [0.717, 1.165) is 5.56 Å². The molecule has 0 aliphatic rings. The molecule has 0 unspecified atom stereocenters. The minimum absolute atomic E-state index is 0.0554. The zero-order valence-corrected chi connectivity index (χ0v) is 8.42. The molecule has 3 N–H and O–H groups in total. The largest absolute Gasteiger partial charge is 0.464 e. The maximum atomic E-state index is 11.3. The molecule has 0 aliphatic carbocycles. The van der Waals surface area contributed by atoms with Crippen molar-refractivity contribution in [1.29, 1.82) is 5.41 Å². The molecule has 0 saturated carbocycles. The summed E-state index contributed by atoms with van der Waals surface area (Å²) in [7, 11) is 2.99. The number of carbonyl (C=O) groups is 1. The van der Waals surface area contributed by atoms with Gasteiger partial charge in [-0.25, -0.2) is 4.79 Å². The van der Waals surface area contributed by atoms with Gasteiger partial charge in [0, 0.05) is 7.05 Å². The Balaban J connectivity index is 3.30. The average molecular weight is 195 g/mol. The van der Waals surface area contributed by atoms with Crippen LogP contribution in [0.2, 0.25) is 0 Å². The predicted molar refractivity (Wildman–Crippen MR) is 52.5 cm³/mol. The molecule has 1 rings (SSSR count). The van der Waals surface area contributed by atoms with Crippen LogP contribution < -0.4 is 5.73 Å². The van der Waals surface area contributed by atoms with E-state index in [9.17, 15) is 4.79 Å². The first-order chi connectivity index (χ1) is 6.49. The predicted octanol–water partition coefficient (Wildman–Crippen LogP) is 0.404. The highest BCUT2D eigenvalue weighted by Gasteiger charge is 2.17. The first-order valence-electron chi connectivity index (χ1n) is 4.08. The van der Waals surface area contributed by atoms with Gasteiger partial charge in [-0.15, -0.1) is 0 Å². The topological polar surface area (TPSA) is 81.1 Å². The fraction of sp³-hybridized carbons (Fsp3) is 0.333. The van der Waals surface area contributed by atoms with Crippen molar-refractivity contribution in [2.75, 3.05) is 7.11 Å². The van der Waals surface area contributed by atoms with E-state index in [0.29, 0.717) is 11.4 Å². The minimum Gasteiger partial charge on any atom is -0.464 e. The lowest BCUT2D eigenvalue weighted by Gasteiger charge is -2.04. The Kier molecular flexibility index (Phi) is 2.60. The summed E-state index contributed by atoms with van der Waals surface area (Å²) in [6.45, 7) is 1.79. The Hall–Kier alpha value is -1.78. The summed E-state index contributed by atoms with van der Waals surface area (Å²) in [6.07, 6.45) is 0. The van der Waals surface area contributed by atoms with Gasteiger partial charge in [0.15, 0.2) is 0 Å². The fourth-order valence-electron chi connectivity index (χ4n) is 1.45. The number of hydrogen-bond donors (Lipinski definition) is 2. The second-order valence-electron chi connectivity index (χ2n) is 3.03. The number of aryl methyl sites for hydroxylation is 1. The minimum atomic E-state index is -0.428. The zero-order chi connectivity index (χ0) is 10.9. The maximum Gasteiger partial charge on any atom is 0.354 e. The van der Waals surface area contributed by atoms with E-state index < -0.39 is 5.97 Å². The van der Waals surface area contributed by atoms with Crippen LogP contribution in [-0.2, 0) is 11.8 Å². The van der Waals surface area contributed by atoms with Gasteiger partial charge < -0.3 is 15.0 Å². The zero-order valence-electron chi connectivity index (χ0n) is 8.42. The molecule has 1 heterocycles. The molecule has 1 aromatic rings. The number of nitrogens with one attached hydrogen (secondary N) is 1. The molecule has 0 radical (unpaired) electrons. The number of aromatic nitrogens is 1. The van der Waals surface area contributed by atoms with Gasteiger partial charge in [-0.2, -0.15) is 0 Å². The number of hydrogen-bond acceptors (Lipinski definition) is 3. The van der Waals surface area contributed by atoms with E-state index in [1.54, 1.807) is 24.6 Å². The molecule has 1 aromatic heterocycles. The highest BCUT2D eigenvalue weighted by Crippen LogP contribution is 2.13. The standard InChI is InChI=1S/C9H13N3O2/c1-5-4-6(9(13)14-3)12(2)7(5)8(10)11/h4H,1-3H3,(H3,10,11). The molecule has 14 heavy (non-hydrogen) atoms. The molecule has 0 bridgehead atoms. The van der Waals surface area contributed by atoms with Crippen LogP contribution in [0.3, 0.4) is 0 Å². The van der Waals surface area contributed by atoms with Crippen molar-refractivity contribution in [2.24, 2.45) is 12.8 Å². The molecule has 0 aromatic carbocycles. The van der Waals surface area contributed by atoms with Crippen molar-refractivity contribution in [3.05, 3.63) is 23.0 Å². The van der Waals surface area contributed by atoms with Crippen LogP contribution in [0.15, 0.2) is 6.07 Å². The van der Waals surface area contributed by atoms with Crippen LogP contribution in [0.25, 0.3) is 0 Å². The third kappa shape index (κ3) is 1.48. The molecular formula is C9H13N3O2. The summed E-state index contributed by atoms with van der Waals surface area (Å²) < 4.78 is 6.15. The number of nitrogens with zero attached hydrogens (tertiary/aromatic N) is 1. The van der Waals surface area contributed by atoms with Crippen LogP contribution in [-0.4, -0.2) is 23.5 Å². The Morgan fingerprint density at radius 3 is 2.57 bits per heavy atom. The number of amidine groups is 1. The molecule has 0 amide bonds. The number of rotatable bonds is 2. The van der Waals surface area contributed by atoms with Crippen molar-refractivity contribution in [2.45, 2.75) is 6.92 Å². The van der Waals surface area contributed by atoms with Gasteiger partial charge in [0.25, 0.3) is 0 Å². The van der Waals surface area contributed by atoms with E-state index >= 15 is 0 Å². The SMILES string of the molecule is COC(=O)c1cc(C)c(C(=N)N)n1C. The van der Waals surface area contributed by atoms with Gasteiger partial charge in [0.05, 0.1) is 12.8 Å². The third-order valence-corrected chi connectivity index (χ3v) is 2.07. The number of ether oxygens (including phenoxy) is 1.